The molecule has 0 aliphatic carbocycles. The Labute approximate surface area is 127 Å². The van der Waals surface area contributed by atoms with Crippen molar-refractivity contribution in [3.63, 3.8) is 0 Å². The third-order valence-corrected chi connectivity index (χ3v) is 4.96. The van der Waals surface area contributed by atoms with Crippen LogP contribution in [0.5, 0.6) is 0 Å². The summed E-state index contributed by atoms with van der Waals surface area (Å²) < 4.78 is 45.0. The largest absolute Gasteiger partial charge is 0.465 e. The van der Waals surface area contributed by atoms with Crippen molar-refractivity contribution in [2.75, 3.05) is 12.8 Å². The first-order valence-corrected chi connectivity index (χ1v) is 7.80. The Morgan fingerprint density at radius 2 is 2.05 bits per heavy atom. The zero-order valence-corrected chi connectivity index (χ0v) is 13.0. The van der Waals surface area contributed by atoms with Crippen LogP contribution in [0.3, 0.4) is 0 Å². The van der Waals surface area contributed by atoms with E-state index in [1.54, 1.807) is 19.1 Å². The van der Waals surface area contributed by atoms with Gasteiger partial charge in [-0.3, -0.25) is 0 Å². The Bertz CT molecular complexity index is 774. The topological polar surface area (TPSA) is 76.5 Å². The highest BCUT2D eigenvalue weighted by atomic mass is 35.5. The Morgan fingerprint density at radius 1 is 1.38 bits per heavy atom. The number of hydrogen-bond donors (Lipinski definition) is 1. The van der Waals surface area contributed by atoms with Crippen LogP contribution >= 0.6 is 11.6 Å². The van der Waals surface area contributed by atoms with E-state index in [1.807, 2.05) is 0 Å². The molecule has 5 nitrogen and oxygen atoms in total. The van der Waals surface area contributed by atoms with Crippen LogP contribution in [0, 0.1) is 12.7 Å². The monoisotopic (exact) mass is 332 g/mol. The maximum absolute atomic E-state index is 14.0. The average molecular weight is 333 g/mol. The number of furan rings is 1. The zero-order chi connectivity index (χ0) is 15.8. The second kappa shape index (κ2) is 5.67. The van der Waals surface area contributed by atoms with Crippen LogP contribution in [0.25, 0.3) is 0 Å². The predicted octanol–water partition coefficient (Wildman–Crippen LogP) is 2.78. The molecule has 1 aromatic carbocycles. The van der Waals surface area contributed by atoms with Gasteiger partial charge in [0.1, 0.15) is 16.4 Å². The number of halogens is 2. The van der Waals surface area contributed by atoms with Crippen LogP contribution in [-0.4, -0.2) is 19.8 Å². The second-order valence-electron chi connectivity index (χ2n) is 4.59. The smallest absolute Gasteiger partial charge is 0.246 e. The molecule has 0 fully saturated rings. The van der Waals surface area contributed by atoms with Crippen molar-refractivity contribution >= 4 is 27.3 Å². The zero-order valence-electron chi connectivity index (χ0n) is 11.4. The minimum Gasteiger partial charge on any atom is -0.465 e. The standard InChI is InChI=1S/C13H14ClFN2O3S/c1-8-3-4-10(20-8)7-17(2)21(18,19)12-6-9(16)5-11(14)13(12)15/h3-6H,7,16H2,1-2H3. The molecule has 0 unspecified atom stereocenters. The molecule has 2 rings (SSSR count). The maximum atomic E-state index is 14.0. The molecule has 114 valence electrons. The summed E-state index contributed by atoms with van der Waals surface area (Å²) in [6.45, 7) is 1.72. The van der Waals surface area contributed by atoms with Crippen molar-refractivity contribution < 1.29 is 17.2 Å². The first-order chi connectivity index (χ1) is 9.71. The summed E-state index contributed by atoms with van der Waals surface area (Å²) in [6, 6.07) is 5.57. The average Bonchev–Trinajstić information content (AvgIpc) is 2.79. The number of aryl methyl sites for hydroxylation is 1. The molecule has 8 heteroatoms. The number of nitrogen functional groups attached to an aromatic ring is 1. The Hall–Kier alpha value is -1.57. The molecule has 0 saturated carbocycles. The van der Waals surface area contributed by atoms with Crippen molar-refractivity contribution in [1.29, 1.82) is 0 Å². The van der Waals surface area contributed by atoms with Crippen molar-refractivity contribution in [1.82, 2.24) is 4.31 Å². The highest BCUT2D eigenvalue weighted by Gasteiger charge is 2.27. The lowest BCUT2D eigenvalue weighted by Crippen LogP contribution is -2.27. The number of anilines is 1. The molecular weight excluding hydrogens is 319 g/mol. The number of hydrogen-bond acceptors (Lipinski definition) is 4. The van der Waals surface area contributed by atoms with Crippen molar-refractivity contribution in [3.8, 4) is 0 Å². The summed E-state index contributed by atoms with van der Waals surface area (Å²) in [6.07, 6.45) is 0. The molecule has 0 spiro atoms. The molecule has 2 N–H and O–H groups in total. The summed E-state index contributed by atoms with van der Waals surface area (Å²) >= 11 is 5.64. The van der Waals surface area contributed by atoms with E-state index in [-0.39, 0.29) is 17.3 Å². The van der Waals surface area contributed by atoms with Crippen LogP contribution in [-0.2, 0) is 16.6 Å². The molecule has 2 aromatic rings. The van der Waals surface area contributed by atoms with E-state index >= 15 is 0 Å². The molecule has 0 aliphatic rings. The summed E-state index contributed by atoms with van der Waals surface area (Å²) in [5.41, 5.74) is 5.60. The van der Waals surface area contributed by atoms with Gasteiger partial charge in [-0.25, -0.2) is 12.8 Å². The third kappa shape index (κ3) is 3.20. The molecule has 0 radical (unpaired) electrons. The van der Waals surface area contributed by atoms with Gasteiger partial charge in [-0.05, 0) is 31.2 Å². The van der Waals surface area contributed by atoms with Gasteiger partial charge in [0.25, 0.3) is 0 Å². The lowest BCUT2D eigenvalue weighted by Gasteiger charge is -2.17. The van der Waals surface area contributed by atoms with Gasteiger partial charge in [-0.1, -0.05) is 11.6 Å². The van der Waals surface area contributed by atoms with E-state index in [1.165, 1.54) is 7.05 Å². The number of nitrogens with zero attached hydrogens (tertiary/aromatic N) is 1. The van der Waals surface area contributed by atoms with Crippen molar-refractivity contribution in [2.45, 2.75) is 18.4 Å². The van der Waals surface area contributed by atoms with Gasteiger partial charge < -0.3 is 10.2 Å². The highest BCUT2D eigenvalue weighted by Crippen LogP contribution is 2.28. The van der Waals surface area contributed by atoms with Crippen LogP contribution < -0.4 is 5.73 Å². The Kier molecular flexibility index (Phi) is 4.27. The second-order valence-corrected chi connectivity index (χ2v) is 7.01. The van der Waals surface area contributed by atoms with E-state index < -0.39 is 20.7 Å². The van der Waals surface area contributed by atoms with Crippen molar-refractivity contribution in [2.24, 2.45) is 0 Å². The van der Waals surface area contributed by atoms with Crippen LogP contribution in [0.4, 0.5) is 10.1 Å². The number of benzene rings is 1. The molecule has 0 amide bonds. The Morgan fingerprint density at radius 3 is 2.62 bits per heavy atom. The summed E-state index contributed by atoms with van der Waals surface area (Å²) in [4.78, 5) is -0.557. The van der Waals surface area contributed by atoms with E-state index in [0.29, 0.717) is 11.5 Å². The van der Waals surface area contributed by atoms with Gasteiger partial charge >= 0.3 is 0 Å². The predicted molar refractivity (Wildman–Crippen MR) is 77.9 cm³/mol. The molecule has 0 bridgehead atoms. The number of sulfonamides is 1. The van der Waals surface area contributed by atoms with Gasteiger partial charge in [-0.2, -0.15) is 4.31 Å². The van der Waals surface area contributed by atoms with Crippen LogP contribution in [0.1, 0.15) is 11.5 Å². The van der Waals surface area contributed by atoms with Crippen molar-refractivity contribution in [3.05, 3.63) is 46.6 Å². The fourth-order valence-corrected chi connectivity index (χ4v) is 3.35. The minimum atomic E-state index is -4.07. The molecule has 0 saturated heterocycles. The lowest BCUT2D eigenvalue weighted by atomic mass is 10.3. The first-order valence-electron chi connectivity index (χ1n) is 5.98. The van der Waals surface area contributed by atoms with Crippen LogP contribution in [0.2, 0.25) is 5.02 Å². The summed E-state index contributed by atoms with van der Waals surface area (Å²) in [5.74, 6) is 0.0938. The molecule has 1 aromatic heterocycles. The summed E-state index contributed by atoms with van der Waals surface area (Å²) in [5, 5.41) is -0.337. The molecular formula is C13H14ClFN2O3S. The van der Waals surface area contributed by atoms with Gasteiger partial charge in [0.2, 0.25) is 10.0 Å². The van der Waals surface area contributed by atoms with Gasteiger partial charge in [0.15, 0.2) is 5.82 Å². The quantitative estimate of drug-likeness (QED) is 0.873. The maximum Gasteiger partial charge on any atom is 0.246 e. The third-order valence-electron chi connectivity index (χ3n) is 2.88. The van der Waals surface area contributed by atoms with E-state index in [4.69, 9.17) is 21.8 Å². The van der Waals surface area contributed by atoms with Gasteiger partial charge in [-0.15, -0.1) is 0 Å². The van der Waals surface area contributed by atoms with E-state index in [9.17, 15) is 12.8 Å². The molecule has 0 atom stereocenters. The Balaban J connectivity index is 2.37. The lowest BCUT2D eigenvalue weighted by molar-refractivity contribution is 0.395. The fraction of sp³-hybridized carbons (Fsp3) is 0.231. The number of nitrogens with two attached hydrogens (primary N) is 1. The number of rotatable bonds is 4. The van der Waals surface area contributed by atoms with Crippen LogP contribution in [0.15, 0.2) is 33.6 Å². The van der Waals surface area contributed by atoms with Gasteiger partial charge in [0, 0.05) is 12.7 Å². The summed E-state index contributed by atoms with van der Waals surface area (Å²) in [7, 11) is -2.75. The molecule has 1 heterocycles. The SMILES string of the molecule is Cc1ccc(CN(C)S(=O)(=O)c2cc(N)cc(Cl)c2F)o1. The first kappa shape index (κ1) is 15.8. The van der Waals surface area contributed by atoms with Gasteiger partial charge in [0.05, 0.1) is 11.6 Å². The minimum absolute atomic E-state index is 0.0258. The highest BCUT2D eigenvalue weighted by molar-refractivity contribution is 7.89. The normalized spacial score (nSPS) is 12.0. The molecule has 0 aliphatic heterocycles. The van der Waals surface area contributed by atoms with E-state index in [2.05, 4.69) is 0 Å². The van der Waals surface area contributed by atoms with E-state index in [0.717, 1.165) is 16.4 Å². The molecule has 21 heavy (non-hydrogen) atoms. The fourth-order valence-electron chi connectivity index (χ4n) is 1.81.